The number of aromatic nitrogens is 1. The summed E-state index contributed by atoms with van der Waals surface area (Å²) in [5, 5.41) is 7.95. The van der Waals surface area contributed by atoms with Crippen molar-refractivity contribution in [2.24, 2.45) is 10.9 Å². The molecule has 31 heavy (non-hydrogen) atoms. The van der Waals surface area contributed by atoms with Crippen LogP contribution in [0.2, 0.25) is 0 Å². The van der Waals surface area contributed by atoms with Crippen molar-refractivity contribution in [3.8, 4) is 5.75 Å². The summed E-state index contributed by atoms with van der Waals surface area (Å²) >= 11 is 1.77. The number of hydrogen-bond acceptors (Lipinski definition) is 5. The molecule has 1 aliphatic heterocycles. The second-order valence-electron chi connectivity index (χ2n) is 8.08. The van der Waals surface area contributed by atoms with E-state index in [9.17, 15) is 0 Å². The Morgan fingerprint density at radius 3 is 2.90 bits per heavy atom. The molecule has 1 aromatic heterocycles. The van der Waals surface area contributed by atoms with Gasteiger partial charge in [-0.1, -0.05) is 26.0 Å². The number of aryl methyl sites for hydroxylation is 1. The molecule has 0 saturated carbocycles. The molecule has 0 bridgehead atoms. The predicted octanol–water partition coefficient (Wildman–Crippen LogP) is 4.69. The number of hydrogen-bond donors (Lipinski definition) is 2. The van der Waals surface area contributed by atoms with E-state index in [1.807, 2.05) is 6.20 Å². The van der Waals surface area contributed by atoms with Crippen molar-refractivity contribution in [1.82, 2.24) is 15.6 Å². The Kier molecular flexibility index (Phi) is 11.0. The van der Waals surface area contributed by atoms with Crippen molar-refractivity contribution in [1.29, 1.82) is 0 Å². The van der Waals surface area contributed by atoms with E-state index >= 15 is 0 Å². The maximum atomic E-state index is 6.20. The van der Waals surface area contributed by atoms with Crippen LogP contribution in [0.5, 0.6) is 5.75 Å². The fourth-order valence-corrected chi connectivity index (χ4v) is 4.31. The maximum Gasteiger partial charge on any atom is 0.191 e. The number of aliphatic imine (C=N–C) groups is 1. The quantitative estimate of drug-likeness (QED) is 0.266. The van der Waals surface area contributed by atoms with E-state index in [4.69, 9.17) is 14.5 Å². The van der Waals surface area contributed by atoms with Gasteiger partial charge < -0.3 is 20.1 Å². The highest BCUT2D eigenvalue weighted by Crippen LogP contribution is 2.24. The third-order valence-electron chi connectivity index (χ3n) is 4.77. The molecule has 1 unspecified atom stereocenters. The van der Waals surface area contributed by atoms with Crippen molar-refractivity contribution in [3.63, 3.8) is 0 Å². The van der Waals surface area contributed by atoms with Crippen LogP contribution in [0.1, 0.15) is 48.2 Å². The first-order valence-corrected chi connectivity index (χ1v) is 11.6. The van der Waals surface area contributed by atoms with Crippen LogP contribution in [0.15, 0.2) is 29.4 Å². The van der Waals surface area contributed by atoms with Gasteiger partial charge in [-0.05, 0) is 31.4 Å². The third kappa shape index (κ3) is 8.57. The summed E-state index contributed by atoms with van der Waals surface area (Å²) in [5.74, 6) is 2.33. The van der Waals surface area contributed by atoms with Gasteiger partial charge in [0.2, 0.25) is 0 Å². The Balaban J connectivity index is 0.00000341. The molecule has 2 heterocycles. The van der Waals surface area contributed by atoms with Gasteiger partial charge in [0.25, 0.3) is 0 Å². The van der Waals surface area contributed by atoms with Gasteiger partial charge in [-0.2, -0.15) is 0 Å². The summed E-state index contributed by atoms with van der Waals surface area (Å²) in [6.07, 6.45) is 4.07. The van der Waals surface area contributed by atoms with Crippen LogP contribution >= 0.6 is 35.3 Å². The lowest BCUT2D eigenvalue weighted by atomic mass is 10.1. The third-order valence-corrected chi connectivity index (χ3v) is 5.79. The molecule has 0 amide bonds. The van der Waals surface area contributed by atoms with E-state index in [-0.39, 0.29) is 30.1 Å². The van der Waals surface area contributed by atoms with E-state index in [0.29, 0.717) is 19.1 Å². The Labute approximate surface area is 207 Å². The number of nitrogens with zero attached hydrogens (tertiary/aromatic N) is 2. The highest BCUT2D eigenvalue weighted by molar-refractivity contribution is 14.0. The molecule has 1 atom stereocenters. The number of thiazole rings is 1. The van der Waals surface area contributed by atoms with E-state index < -0.39 is 0 Å². The van der Waals surface area contributed by atoms with Crippen LogP contribution < -0.4 is 15.4 Å². The number of benzene rings is 1. The molecular weight excluding hydrogens is 523 g/mol. The average Bonchev–Trinajstić information content (AvgIpc) is 3.37. The summed E-state index contributed by atoms with van der Waals surface area (Å²) in [7, 11) is 0. The summed E-state index contributed by atoms with van der Waals surface area (Å²) in [4.78, 5) is 10.5. The van der Waals surface area contributed by atoms with Gasteiger partial charge in [0.05, 0.1) is 31.3 Å². The van der Waals surface area contributed by atoms with Crippen molar-refractivity contribution in [2.45, 2.75) is 59.7 Å². The van der Waals surface area contributed by atoms with E-state index in [1.54, 1.807) is 11.3 Å². The normalized spacial score (nSPS) is 16.3. The Morgan fingerprint density at radius 1 is 1.35 bits per heavy atom. The Morgan fingerprint density at radius 2 is 2.19 bits per heavy atom. The first-order valence-electron chi connectivity index (χ1n) is 10.8. The van der Waals surface area contributed by atoms with Crippen LogP contribution in [0.3, 0.4) is 0 Å². The first-order chi connectivity index (χ1) is 14.5. The smallest absolute Gasteiger partial charge is 0.191 e. The van der Waals surface area contributed by atoms with Gasteiger partial charge in [0.15, 0.2) is 5.96 Å². The largest absolute Gasteiger partial charge is 0.488 e. The lowest BCUT2D eigenvalue weighted by molar-refractivity contribution is 0.140. The summed E-state index contributed by atoms with van der Waals surface area (Å²) < 4.78 is 11.7. The van der Waals surface area contributed by atoms with Crippen molar-refractivity contribution >= 4 is 41.3 Å². The van der Waals surface area contributed by atoms with Crippen LogP contribution in [-0.2, 0) is 24.2 Å². The van der Waals surface area contributed by atoms with E-state index in [0.717, 1.165) is 49.8 Å². The topological polar surface area (TPSA) is 67.8 Å². The molecule has 1 aliphatic rings. The SMILES string of the molecule is CCNC(=NCc1ccc(C)cc1OC1CCOC1)NCc1cnc(CC(C)C)s1.I. The molecule has 1 aromatic carbocycles. The second kappa shape index (κ2) is 13.2. The zero-order valence-corrected chi connectivity index (χ0v) is 22.1. The van der Waals surface area contributed by atoms with Gasteiger partial charge in [0.1, 0.15) is 11.9 Å². The highest BCUT2D eigenvalue weighted by atomic mass is 127. The predicted molar refractivity (Wildman–Crippen MR) is 139 cm³/mol. The zero-order chi connectivity index (χ0) is 21.3. The van der Waals surface area contributed by atoms with Crippen LogP contribution in [0, 0.1) is 12.8 Å². The monoisotopic (exact) mass is 558 g/mol. The summed E-state index contributed by atoms with van der Waals surface area (Å²) in [5.41, 5.74) is 2.27. The molecule has 0 aliphatic carbocycles. The Bertz CT molecular complexity index is 835. The fraction of sp³-hybridized carbons (Fsp3) is 0.565. The minimum absolute atomic E-state index is 0. The Hall–Kier alpha value is -1.39. The molecule has 1 saturated heterocycles. The van der Waals surface area contributed by atoms with Gasteiger partial charge in [-0.25, -0.2) is 9.98 Å². The molecule has 0 radical (unpaired) electrons. The molecule has 2 aromatic rings. The number of nitrogens with one attached hydrogen (secondary N) is 2. The van der Waals surface area contributed by atoms with Crippen molar-refractivity contribution < 1.29 is 9.47 Å². The average molecular weight is 559 g/mol. The number of guanidine groups is 1. The van der Waals surface area contributed by atoms with Crippen LogP contribution in [0.4, 0.5) is 0 Å². The molecule has 3 rings (SSSR count). The van der Waals surface area contributed by atoms with E-state index in [2.05, 4.69) is 61.5 Å². The summed E-state index contributed by atoms with van der Waals surface area (Å²) in [6.45, 7) is 12.1. The number of ether oxygens (including phenoxy) is 2. The summed E-state index contributed by atoms with van der Waals surface area (Å²) in [6, 6.07) is 6.31. The standard InChI is InChI=1S/C23H34N4O2S.HI/c1-5-24-23(27-14-20-13-25-22(30-20)10-16(2)3)26-12-18-7-6-17(4)11-21(18)29-19-8-9-28-15-19;/h6-7,11,13,16,19H,5,8-10,12,14-15H2,1-4H3,(H2,24,26,27);1H. The van der Waals surface area contributed by atoms with Crippen molar-refractivity contribution in [3.05, 3.63) is 45.4 Å². The molecule has 172 valence electrons. The number of halogens is 1. The molecule has 1 fully saturated rings. The molecular formula is C23H35IN4O2S. The maximum absolute atomic E-state index is 6.20. The van der Waals surface area contributed by atoms with Gasteiger partial charge in [0, 0.05) is 36.0 Å². The second-order valence-corrected chi connectivity index (χ2v) is 9.28. The highest BCUT2D eigenvalue weighted by Gasteiger charge is 2.18. The molecule has 8 heteroatoms. The lowest BCUT2D eigenvalue weighted by Crippen LogP contribution is -2.36. The van der Waals surface area contributed by atoms with Crippen molar-refractivity contribution in [2.75, 3.05) is 19.8 Å². The van der Waals surface area contributed by atoms with E-state index in [1.165, 1.54) is 15.4 Å². The van der Waals surface area contributed by atoms with Crippen LogP contribution in [0.25, 0.3) is 0 Å². The fourth-order valence-electron chi connectivity index (χ4n) is 3.24. The minimum Gasteiger partial charge on any atom is -0.488 e. The van der Waals surface area contributed by atoms with Gasteiger partial charge >= 0.3 is 0 Å². The first kappa shape index (κ1) is 25.9. The number of rotatable bonds is 9. The molecule has 0 spiro atoms. The zero-order valence-electron chi connectivity index (χ0n) is 18.9. The van der Waals surface area contributed by atoms with Crippen LogP contribution in [-0.4, -0.2) is 36.8 Å². The molecule has 6 nitrogen and oxygen atoms in total. The van der Waals surface area contributed by atoms with Gasteiger partial charge in [-0.15, -0.1) is 35.3 Å². The minimum atomic E-state index is 0. The lowest BCUT2D eigenvalue weighted by Gasteiger charge is -2.16. The molecule has 2 N–H and O–H groups in total. The van der Waals surface area contributed by atoms with Gasteiger partial charge in [-0.3, -0.25) is 0 Å².